The van der Waals surface area contributed by atoms with Crippen LogP contribution in [0.25, 0.3) is 10.2 Å². The number of fused-ring (bicyclic) bond motifs is 1. The molecule has 4 heteroatoms. The molecule has 1 unspecified atom stereocenters. The quantitative estimate of drug-likeness (QED) is 0.918. The molecule has 1 saturated heterocycles. The number of anilines is 1. The van der Waals surface area contributed by atoms with E-state index in [1.165, 1.54) is 42.7 Å². The van der Waals surface area contributed by atoms with Crippen LogP contribution >= 0.6 is 11.3 Å². The summed E-state index contributed by atoms with van der Waals surface area (Å²) in [6, 6.07) is 8.02. The highest BCUT2D eigenvalue weighted by atomic mass is 32.1. The fraction of sp³-hybridized carbons (Fsp3) is 0.500. The van der Waals surface area contributed by atoms with Gasteiger partial charge in [0.25, 0.3) is 0 Å². The van der Waals surface area contributed by atoms with E-state index in [9.17, 15) is 0 Å². The molecule has 0 amide bonds. The summed E-state index contributed by atoms with van der Waals surface area (Å²) in [7, 11) is 0. The third-order valence-corrected chi connectivity index (χ3v) is 4.78. The Morgan fingerprint density at radius 3 is 3.11 bits per heavy atom. The van der Waals surface area contributed by atoms with Crippen LogP contribution in [0.4, 0.5) is 5.69 Å². The second kappa shape index (κ2) is 4.21. The normalized spacial score (nSPS) is 24.8. The summed E-state index contributed by atoms with van der Waals surface area (Å²) >= 11 is 1.71. The van der Waals surface area contributed by atoms with Gasteiger partial charge in [-0.15, -0.1) is 11.3 Å². The Bertz CT molecular complexity index is 561. The molecule has 0 spiro atoms. The molecule has 1 saturated carbocycles. The van der Waals surface area contributed by atoms with E-state index >= 15 is 0 Å². The Labute approximate surface area is 111 Å². The van der Waals surface area contributed by atoms with Gasteiger partial charge >= 0.3 is 0 Å². The number of likely N-dealkylation sites (tertiary alicyclic amines) is 1. The second-order valence-electron chi connectivity index (χ2n) is 5.39. The molecule has 2 fully saturated rings. The van der Waals surface area contributed by atoms with Gasteiger partial charge in [-0.05, 0) is 37.5 Å². The van der Waals surface area contributed by atoms with Gasteiger partial charge in [-0.1, -0.05) is 0 Å². The Kier molecular flexibility index (Phi) is 2.52. The molecule has 3 nitrogen and oxygen atoms in total. The third-order valence-electron chi connectivity index (χ3n) is 3.99. The number of thiazole rings is 1. The molecule has 1 aromatic carbocycles. The van der Waals surface area contributed by atoms with Crippen LogP contribution in [0, 0.1) is 0 Å². The Balaban J connectivity index is 1.47. The summed E-state index contributed by atoms with van der Waals surface area (Å²) < 4.78 is 1.28. The summed E-state index contributed by atoms with van der Waals surface area (Å²) in [5.74, 6) is 0. The van der Waals surface area contributed by atoms with Gasteiger partial charge in [-0.3, -0.25) is 4.90 Å². The van der Waals surface area contributed by atoms with E-state index in [2.05, 4.69) is 33.4 Å². The van der Waals surface area contributed by atoms with Crippen molar-refractivity contribution in [2.24, 2.45) is 0 Å². The zero-order valence-corrected chi connectivity index (χ0v) is 11.1. The van der Waals surface area contributed by atoms with Crippen LogP contribution in [-0.4, -0.2) is 35.1 Å². The average Bonchev–Trinajstić information content (AvgIpc) is 2.95. The highest BCUT2D eigenvalue weighted by molar-refractivity contribution is 7.16. The fourth-order valence-electron chi connectivity index (χ4n) is 2.86. The van der Waals surface area contributed by atoms with Crippen molar-refractivity contribution in [1.29, 1.82) is 0 Å². The molecule has 2 heterocycles. The van der Waals surface area contributed by atoms with Crippen LogP contribution in [0.15, 0.2) is 23.7 Å². The van der Waals surface area contributed by atoms with E-state index < -0.39 is 0 Å². The maximum absolute atomic E-state index is 4.32. The molecule has 1 N–H and O–H groups in total. The maximum atomic E-state index is 4.32. The predicted molar refractivity (Wildman–Crippen MR) is 76.2 cm³/mol. The summed E-state index contributed by atoms with van der Waals surface area (Å²) in [6.45, 7) is 2.48. The molecule has 18 heavy (non-hydrogen) atoms. The number of benzene rings is 1. The van der Waals surface area contributed by atoms with Crippen molar-refractivity contribution in [3.8, 4) is 0 Å². The molecule has 94 valence electrons. The third kappa shape index (κ3) is 1.99. The first-order valence-corrected chi connectivity index (χ1v) is 7.60. The van der Waals surface area contributed by atoms with Crippen LogP contribution in [0.5, 0.6) is 0 Å². The van der Waals surface area contributed by atoms with Crippen LogP contribution in [0.3, 0.4) is 0 Å². The lowest BCUT2D eigenvalue weighted by molar-refractivity contribution is 0.326. The molecule has 1 aromatic heterocycles. The van der Waals surface area contributed by atoms with Gasteiger partial charge in [0, 0.05) is 30.9 Å². The lowest BCUT2D eigenvalue weighted by atomic mass is 10.2. The molecule has 2 aromatic rings. The van der Waals surface area contributed by atoms with Crippen molar-refractivity contribution in [1.82, 2.24) is 9.88 Å². The Morgan fingerprint density at radius 1 is 1.28 bits per heavy atom. The van der Waals surface area contributed by atoms with E-state index in [1.807, 2.05) is 5.51 Å². The summed E-state index contributed by atoms with van der Waals surface area (Å²) in [5.41, 5.74) is 4.27. The largest absolute Gasteiger partial charge is 0.381 e. The smallest absolute Gasteiger partial charge is 0.0813 e. The minimum atomic E-state index is 0.621. The first-order chi connectivity index (χ1) is 8.88. The number of hydrogen-bond donors (Lipinski definition) is 1. The number of rotatable bonds is 3. The topological polar surface area (TPSA) is 28.2 Å². The van der Waals surface area contributed by atoms with E-state index in [0.717, 1.165) is 11.6 Å². The maximum Gasteiger partial charge on any atom is 0.0813 e. The lowest BCUT2D eigenvalue weighted by Gasteiger charge is -2.16. The van der Waals surface area contributed by atoms with Gasteiger partial charge in [0.05, 0.1) is 15.7 Å². The fourth-order valence-corrected chi connectivity index (χ4v) is 3.57. The van der Waals surface area contributed by atoms with Gasteiger partial charge in [0.15, 0.2) is 0 Å². The minimum Gasteiger partial charge on any atom is -0.381 e. The molecule has 0 bridgehead atoms. The standard InChI is InChI=1S/C14H17N3S/c1-4-13-14(18-9-15-13)7-10(1)16-11-5-6-17(8-11)12-2-3-12/h1,4,7,9,11-12,16H,2-3,5-6,8H2. The van der Waals surface area contributed by atoms with Crippen molar-refractivity contribution < 1.29 is 0 Å². The summed E-state index contributed by atoms with van der Waals surface area (Å²) in [4.78, 5) is 6.96. The van der Waals surface area contributed by atoms with E-state index in [1.54, 1.807) is 11.3 Å². The molecular weight excluding hydrogens is 242 g/mol. The van der Waals surface area contributed by atoms with Crippen molar-refractivity contribution in [2.45, 2.75) is 31.3 Å². The van der Waals surface area contributed by atoms with Crippen LogP contribution in [0.2, 0.25) is 0 Å². The molecule has 1 aliphatic carbocycles. The molecule has 4 rings (SSSR count). The molecular formula is C14H17N3S. The summed E-state index contributed by atoms with van der Waals surface area (Å²) in [5, 5.41) is 3.67. The van der Waals surface area contributed by atoms with Gasteiger partial charge in [-0.25, -0.2) is 4.98 Å². The van der Waals surface area contributed by atoms with Gasteiger partial charge < -0.3 is 5.32 Å². The zero-order valence-electron chi connectivity index (χ0n) is 10.3. The number of nitrogens with one attached hydrogen (secondary N) is 1. The summed E-state index contributed by atoms with van der Waals surface area (Å²) in [6.07, 6.45) is 4.11. The zero-order chi connectivity index (χ0) is 11.9. The van der Waals surface area contributed by atoms with Crippen LogP contribution in [0.1, 0.15) is 19.3 Å². The highest BCUT2D eigenvalue weighted by Crippen LogP contribution is 2.31. The van der Waals surface area contributed by atoms with Crippen molar-refractivity contribution in [2.75, 3.05) is 18.4 Å². The highest BCUT2D eigenvalue weighted by Gasteiger charge is 2.34. The number of nitrogens with zero attached hydrogens (tertiary/aromatic N) is 2. The Hall–Kier alpha value is -1.13. The minimum absolute atomic E-state index is 0.621. The predicted octanol–water partition coefficient (Wildman–Crippen LogP) is 2.94. The van der Waals surface area contributed by atoms with E-state index in [-0.39, 0.29) is 0 Å². The first kappa shape index (κ1) is 10.8. The Morgan fingerprint density at radius 2 is 2.22 bits per heavy atom. The molecule has 1 aliphatic heterocycles. The lowest BCUT2D eigenvalue weighted by Crippen LogP contribution is -2.27. The van der Waals surface area contributed by atoms with Crippen molar-refractivity contribution in [3.05, 3.63) is 23.7 Å². The number of aromatic nitrogens is 1. The first-order valence-electron chi connectivity index (χ1n) is 6.72. The van der Waals surface area contributed by atoms with Crippen molar-refractivity contribution >= 4 is 27.2 Å². The van der Waals surface area contributed by atoms with E-state index in [4.69, 9.17) is 0 Å². The molecule has 2 aliphatic rings. The SMILES string of the molecule is c1nc2ccc(NC3CCN(C4CC4)C3)cc2s1. The van der Waals surface area contributed by atoms with Crippen LogP contribution in [-0.2, 0) is 0 Å². The van der Waals surface area contributed by atoms with Crippen LogP contribution < -0.4 is 5.32 Å². The second-order valence-corrected chi connectivity index (χ2v) is 6.28. The number of hydrogen-bond acceptors (Lipinski definition) is 4. The molecule has 1 atom stereocenters. The van der Waals surface area contributed by atoms with Gasteiger partial charge in [-0.2, -0.15) is 0 Å². The average molecular weight is 259 g/mol. The van der Waals surface area contributed by atoms with Crippen molar-refractivity contribution in [3.63, 3.8) is 0 Å². The van der Waals surface area contributed by atoms with Gasteiger partial charge in [0.2, 0.25) is 0 Å². The molecule has 0 radical (unpaired) electrons. The monoisotopic (exact) mass is 259 g/mol. The van der Waals surface area contributed by atoms with E-state index in [0.29, 0.717) is 6.04 Å². The van der Waals surface area contributed by atoms with Gasteiger partial charge in [0.1, 0.15) is 0 Å².